The zero-order valence-electron chi connectivity index (χ0n) is 18.5. The molecule has 0 spiro atoms. The van der Waals surface area contributed by atoms with E-state index in [0.717, 1.165) is 24.8 Å². The molecule has 3 amide bonds. The summed E-state index contributed by atoms with van der Waals surface area (Å²) in [4.78, 5) is 41.2. The van der Waals surface area contributed by atoms with Gasteiger partial charge in [0.05, 0.1) is 6.04 Å². The fourth-order valence-electron chi connectivity index (χ4n) is 4.27. The van der Waals surface area contributed by atoms with Crippen molar-refractivity contribution < 1.29 is 19.1 Å². The van der Waals surface area contributed by atoms with E-state index in [4.69, 9.17) is 16.3 Å². The van der Waals surface area contributed by atoms with Crippen molar-refractivity contribution in [2.75, 3.05) is 19.6 Å². The molecule has 0 aliphatic carbocycles. The minimum atomic E-state index is -0.610. The van der Waals surface area contributed by atoms with Gasteiger partial charge in [-0.3, -0.25) is 14.5 Å². The highest BCUT2D eigenvalue weighted by Gasteiger charge is 2.37. The van der Waals surface area contributed by atoms with Crippen LogP contribution in [0.2, 0.25) is 5.02 Å². The number of benzene rings is 1. The highest BCUT2D eigenvalue weighted by atomic mass is 35.5. The summed E-state index contributed by atoms with van der Waals surface area (Å²) in [5.41, 5.74) is 0.360. The number of nitrogens with one attached hydrogen (secondary N) is 1. The van der Waals surface area contributed by atoms with Gasteiger partial charge in [0.2, 0.25) is 11.8 Å². The first-order chi connectivity index (χ1) is 14.7. The summed E-state index contributed by atoms with van der Waals surface area (Å²) >= 11 is 6.33. The van der Waals surface area contributed by atoms with E-state index in [1.54, 1.807) is 20.8 Å². The summed E-state index contributed by atoms with van der Waals surface area (Å²) in [5, 5.41) is 3.50. The Labute approximate surface area is 189 Å². The van der Waals surface area contributed by atoms with E-state index in [2.05, 4.69) is 5.32 Å². The second-order valence-corrected chi connectivity index (χ2v) is 9.55. The zero-order valence-corrected chi connectivity index (χ0v) is 19.3. The van der Waals surface area contributed by atoms with E-state index in [1.165, 1.54) is 4.90 Å². The quantitative estimate of drug-likeness (QED) is 0.739. The van der Waals surface area contributed by atoms with Crippen LogP contribution in [0.4, 0.5) is 4.79 Å². The second-order valence-electron chi connectivity index (χ2n) is 9.14. The molecule has 1 aromatic carbocycles. The molecule has 0 aromatic heterocycles. The normalized spacial score (nSPS) is 21.3. The third-order valence-electron chi connectivity index (χ3n) is 5.66. The van der Waals surface area contributed by atoms with Crippen molar-refractivity contribution in [1.29, 1.82) is 0 Å². The fraction of sp³-hybridized carbons (Fsp3) is 0.609. The van der Waals surface area contributed by atoms with E-state index in [-0.39, 0.29) is 30.8 Å². The largest absolute Gasteiger partial charge is 0.444 e. The lowest BCUT2D eigenvalue weighted by Gasteiger charge is -2.28. The van der Waals surface area contributed by atoms with E-state index in [0.29, 0.717) is 24.5 Å². The van der Waals surface area contributed by atoms with Gasteiger partial charge in [-0.25, -0.2) is 4.79 Å². The average molecular weight is 450 g/mol. The van der Waals surface area contributed by atoms with Crippen molar-refractivity contribution >= 4 is 29.5 Å². The molecule has 8 heteroatoms. The Hall–Kier alpha value is -2.28. The number of nitrogens with zero attached hydrogens (tertiary/aromatic N) is 2. The van der Waals surface area contributed by atoms with Crippen LogP contribution in [-0.4, -0.2) is 59.0 Å². The van der Waals surface area contributed by atoms with Gasteiger partial charge in [0.1, 0.15) is 11.6 Å². The lowest BCUT2D eigenvalue weighted by molar-refractivity contribution is -0.132. The number of hydrogen-bond acceptors (Lipinski definition) is 4. The van der Waals surface area contributed by atoms with Gasteiger partial charge >= 0.3 is 6.09 Å². The molecule has 2 saturated heterocycles. The summed E-state index contributed by atoms with van der Waals surface area (Å²) < 4.78 is 5.41. The first kappa shape index (κ1) is 23.4. The molecule has 3 rings (SSSR count). The van der Waals surface area contributed by atoms with Crippen molar-refractivity contribution in [2.24, 2.45) is 0 Å². The molecule has 2 aliphatic heterocycles. The SMILES string of the molecule is CC(C)(C)OC(=O)N1CCC[C@@H]1C(=O)NCCC(=O)N1CCC[C@H]1c1ccccc1Cl. The van der Waals surface area contributed by atoms with Gasteiger partial charge < -0.3 is 15.0 Å². The molecule has 2 fully saturated rings. The van der Waals surface area contributed by atoms with Gasteiger partial charge in [0, 0.05) is 31.1 Å². The maximum Gasteiger partial charge on any atom is 0.410 e. The zero-order chi connectivity index (χ0) is 22.6. The highest BCUT2D eigenvalue weighted by molar-refractivity contribution is 6.31. The minimum absolute atomic E-state index is 0.00172. The topological polar surface area (TPSA) is 79.0 Å². The smallest absolute Gasteiger partial charge is 0.410 e. The third kappa shape index (κ3) is 5.91. The number of carbonyl (C=O) groups is 3. The first-order valence-electron chi connectivity index (χ1n) is 11.0. The molecule has 31 heavy (non-hydrogen) atoms. The van der Waals surface area contributed by atoms with Crippen molar-refractivity contribution in [3.8, 4) is 0 Å². The number of amides is 3. The van der Waals surface area contributed by atoms with Crippen LogP contribution in [0.5, 0.6) is 0 Å². The van der Waals surface area contributed by atoms with Crippen LogP contribution < -0.4 is 5.32 Å². The summed E-state index contributed by atoms with van der Waals surface area (Å²) in [6.07, 6.45) is 2.91. The molecule has 170 valence electrons. The predicted molar refractivity (Wildman–Crippen MR) is 119 cm³/mol. The van der Waals surface area contributed by atoms with Crippen molar-refractivity contribution in [3.05, 3.63) is 34.9 Å². The van der Waals surface area contributed by atoms with Crippen LogP contribution in [0.15, 0.2) is 24.3 Å². The molecule has 1 N–H and O–H groups in total. The van der Waals surface area contributed by atoms with Crippen molar-refractivity contribution in [3.63, 3.8) is 0 Å². The molecule has 2 aliphatic rings. The molecule has 0 saturated carbocycles. The number of rotatable bonds is 5. The fourth-order valence-corrected chi connectivity index (χ4v) is 4.53. The van der Waals surface area contributed by atoms with Crippen LogP contribution in [-0.2, 0) is 14.3 Å². The Morgan fingerprint density at radius 3 is 2.48 bits per heavy atom. The Kier molecular flexibility index (Phi) is 7.46. The lowest BCUT2D eigenvalue weighted by atomic mass is 10.0. The van der Waals surface area contributed by atoms with E-state index < -0.39 is 17.7 Å². The van der Waals surface area contributed by atoms with Gasteiger partial charge in [-0.1, -0.05) is 29.8 Å². The third-order valence-corrected chi connectivity index (χ3v) is 6.00. The average Bonchev–Trinajstić information content (AvgIpc) is 3.36. The van der Waals surface area contributed by atoms with Gasteiger partial charge in [-0.05, 0) is 58.1 Å². The molecule has 2 atom stereocenters. The molecule has 0 bridgehead atoms. The van der Waals surface area contributed by atoms with E-state index >= 15 is 0 Å². The monoisotopic (exact) mass is 449 g/mol. The van der Waals surface area contributed by atoms with E-state index in [9.17, 15) is 14.4 Å². The highest BCUT2D eigenvalue weighted by Crippen LogP contribution is 2.35. The second kappa shape index (κ2) is 9.90. The van der Waals surface area contributed by atoms with Crippen LogP contribution >= 0.6 is 11.6 Å². The minimum Gasteiger partial charge on any atom is -0.444 e. The van der Waals surface area contributed by atoms with Crippen molar-refractivity contribution in [1.82, 2.24) is 15.1 Å². The molecule has 1 aromatic rings. The molecule has 7 nitrogen and oxygen atoms in total. The maximum atomic E-state index is 12.8. The summed E-state index contributed by atoms with van der Waals surface area (Å²) in [5.74, 6) is -0.238. The van der Waals surface area contributed by atoms with E-state index in [1.807, 2.05) is 29.2 Å². The first-order valence-corrected chi connectivity index (χ1v) is 11.4. The molecule has 0 unspecified atom stereocenters. The molecule has 2 heterocycles. The molecular formula is C23H32ClN3O4. The number of carbonyl (C=O) groups excluding carboxylic acids is 3. The maximum absolute atomic E-state index is 12.8. The van der Waals surface area contributed by atoms with Crippen LogP contribution in [0.3, 0.4) is 0 Å². The van der Waals surface area contributed by atoms with Crippen LogP contribution in [0.1, 0.15) is 64.5 Å². The Bertz CT molecular complexity index is 823. The lowest BCUT2D eigenvalue weighted by Crippen LogP contribution is -2.48. The Morgan fingerprint density at radius 2 is 1.77 bits per heavy atom. The van der Waals surface area contributed by atoms with Gasteiger partial charge in [0.15, 0.2) is 0 Å². The number of halogens is 1. The van der Waals surface area contributed by atoms with Crippen LogP contribution in [0, 0.1) is 0 Å². The van der Waals surface area contributed by atoms with Crippen molar-refractivity contribution in [2.45, 2.75) is 70.6 Å². The van der Waals surface area contributed by atoms with Gasteiger partial charge in [-0.2, -0.15) is 0 Å². The molecule has 0 radical (unpaired) electrons. The standard InChI is InChI=1S/C23H32ClN3O4/c1-23(2,3)31-22(30)27-15-7-11-19(27)21(29)25-13-12-20(28)26-14-6-10-18(26)16-8-4-5-9-17(16)24/h4-5,8-9,18-19H,6-7,10-15H2,1-3H3,(H,25,29)/t18-,19+/m0/s1. The number of likely N-dealkylation sites (tertiary alicyclic amines) is 2. The Balaban J connectivity index is 1.51. The number of hydrogen-bond donors (Lipinski definition) is 1. The summed E-state index contributed by atoms with van der Waals surface area (Å²) in [6.45, 7) is 6.83. The Morgan fingerprint density at radius 1 is 1.10 bits per heavy atom. The van der Waals surface area contributed by atoms with Gasteiger partial charge in [0.25, 0.3) is 0 Å². The number of ether oxygens (including phenoxy) is 1. The molecular weight excluding hydrogens is 418 g/mol. The van der Waals surface area contributed by atoms with Gasteiger partial charge in [-0.15, -0.1) is 0 Å². The summed E-state index contributed by atoms with van der Waals surface area (Å²) in [7, 11) is 0. The van der Waals surface area contributed by atoms with Crippen LogP contribution in [0.25, 0.3) is 0 Å². The predicted octanol–water partition coefficient (Wildman–Crippen LogP) is 3.91. The summed E-state index contributed by atoms with van der Waals surface area (Å²) in [6, 6.07) is 7.05.